The van der Waals surface area contributed by atoms with Gasteiger partial charge >= 0.3 is 0 Å². The van der Waals surface area contributed by atoms with Crippen LogP contribution in [0.2, 0.25) is 0 Å². The van der Waals surface area contributed by atoms with Crippen LogP contribution in [0.5, 0.6) is 17.2 Å². The first-order chi connectivity index (χ1) is 17.1. The summed E-state index contributed by atoms with van der Waals surface area (Å²) in [5.41, 5.74) is 0.974. The zero-order chi connectivity index (χ0) is 24.6. The van der Waals surface area contributed by atoms with E-state index in [9.17, 15) is 9.59 Å². The van der Waals surface area contributed by atoms with E-state index in [0.717, 1.165) is 0 Å². The second-order valence-corrected chi connectivity index (χ2v) is 8.33. The van der Waals surface area contributed by atoms with Gasteiger partial charge in [0.05, 0.1) is 43.1 Å². The van der Waals surface area contributed by atoms with Crippen LogP contribution in [0, 0.1) is 0 Å². The number of thioether (sulfide) groups is 1. The number of fused-ring (bicyclic) bond motifs is 1. The van der Waals surface area contributed by atoms with Crippen LogP contribution in [0.1, 0.15) is 0 Å². The Balaban J connectivity index is 1.46. The van der Waals surface area contributed by atoms with E-state index in [0.29, 0.717) is 52.1 Å². The number of amides is 1. The third kappa shape index (κ3) is 5.75. The van der Waals surface area contributed by atoms with E-state index in [4.69, 9.17) is 14.2 Å². The minimum atomic E-state index is -0.211. The van der Waals surface area contributed by atoms with Crippen molar-refractivity contribution in [2.45, 2.75) is 5.16 Å². The highest BCUT2D eigenvalue weighted by Gasteiger charge is 2.15. The summed E-state index contributed by atoms with van der Waals surface area (Å²) in [5.74, 6) is 1.75. The zero-order valence-corrected chi connectivity index (χ0v) is 20.2. The van der Waals surface area contributed by atoms with Crippen molar-refractivity contribution in [3.8, 4) is 22.9 Å². The molecule has 0 unspecified atom stereocenters. The van der Waals surface area contributed by atoms with Gasteiger partial charge in [-0.1, -0.05) is 42.1 Å². The molecule has 0 spiro atoms. The molecule has 0 bridgehead atoms. The van der Waals surface area contributed by atoms with Crippen molar-refractivity contribution < 1.29 is 19.0 Å². The molecule has 4 aromatic rings. The molecule has 3 aromatic carbocycles. The number of hydrogen-bond donors (Lipinski definition) is 1. The first kappa shape index (κ1) is 24.2. The van der Waals surface area contributed by atoms with E-state index in [2.05, 4.69) is 10.3 Å². The molecule has 0 aliphatic carbocycles. The lowest BCUT2D eigenvalue weighted by atomic mass is 10.2. The minimum absolute atomic E-state index is 0.0867. The molecule has 0 aliphatic heterocycles. The van der Waals surface area contributed by atoms with E-state index in [1.54, 1.807) is 62.8 Å². The van der Waals surface area contributed by atoms with Crippen molar-refractivity contribution in [1.82, 2.24) is 14.9 Å². The number of aromatic nitrogens is 2. The lowest BCUT2D eigenvalue weighted by Crippen LogP contribution is -2.30. The highest BCUT2D eigenvalue weighted by molar-refractivity contribution is 7.99. The summed E-state index contributed by atoms with van der Waals surface area (Å²) in [4.78, 5) is 30.5. The Morgan fingerprint density at radius 1 is 0.971 bits per heavy atom. The molecular weight excluding hydrogens is 466 g/mol. The number of rotatable bonds is 10. The molecule has 0 fully saturated rings. The Kier molecular flexibility index (Phi) is 7.89. The number of nitrogens with one attached hydrogen (secondary N) is 1. The molecule has 1 heterocycles. The fraction of sp³-hybridized carbons (Fsp3) is 0.192. The van der Waals surface area contributed by atoms with Gasteiger partial charge in [0.1, 0.15) is 12.4 Å². The van der Waals surface area contributed by atoms with Gasteiger partial charge in [0.25, 0.3) is 5.56 Å². The molecule has 1 aromatic heterocycles. The molecule has 0 aliphatic rings. The predicted molar refractivity (Wildman–Crippen MR) is 136 cm³/mol. The van der Waals surface area contributed by atoms with Crippen molar-refractivity contribution in [1.29, 1.82) is 0 Å². The first-order valence-corrected chi connectivity index (χ1v) is 11.9. The van der Waals surface area contributed by atoms with Crippen molar-refractivity contribution in [2.24, 2.45) is 0 Å². The predicted octanol–water partition coefficient (Wildman–Crippen LogP) is 3.69. The summed E-state index contributed by atoms with van der Waals surface area (Å²) in [5, 5.41) is 3.75. The number of benzene rings is 3. The number of hydrogen-bond acceptors (Lipinski definition) is 7. The number of carbonyl (C=O) groups excluding carboxylic acids is 1. The Bertz CT molecular complexity index is 1390. The molecule has 0 atom stereocenters. The van der Waals surface area contributed by atoms with Crippen LogP contribution < -0.4 is 25.1 Å². The molecule has 35 heavy (non-hydrogen) atoms. The molecule has 180 valence electrons. The average Bonchev–Trinajstić information content (AvgIpc) is 2.90. The molecule has 8 nitrogen and oxygen atoms in total. The summed E-state index contributed by atoms with van der Waals surface area (Å²) < 4.78 is 17.8. The molecule has 1 N–H and O–H groups in total. The molecule has 4 rings (SSSR count). The fourth-order valence-electron chi connectivity index (χ4n) is 3.46. The van der Waals surface area contributed by atoms with Crippen LogP contribution in [0.4, 0.5) is 0 Å². The molecule has 1 amide bonds. The highest BCUT2D eigenvalue weighted by Crippen LogP contribution is 2.26. The summed E-state index contributed by atoms with van der Waals surface area (Å²) in [6.45, 7) is 0.616. The molecule has 0 saturated carbocycles. The number of para-hydroxylation sites is 3. The quantitative estimate of drug-likeness (QED) is 0.206. The Morgan fingerprint density at radius 2 is 1.74 bits per heavy atom. The van der Waals surface area contributed by atoms with E-state index in [1.807, 2.05) is 24.3 Å². The maximum atomic E-state index is 13.3. The average molecular weight is 492 g/mol. The third-order valence-corrected chi connectivity index (χ3v) is 6.08. The van der Waals surface area contributed by atoms with E-state index in [1.165, 1.54) is 16.3 Å². The molecule has 0 radical (unpaired) electrons. The molecule has 0 saturated heterocycles. The van der Waals surface area contributed by atoms with Gasteiger partial charge in [-0.2, -0.15) is 0 Å². The highest BCUT2D eigenvalue weighted by atomic mass is 32.2. The minimum Gasteiger partial charge on any atom is -0.497 e. The standard InChI is InChI=1S/C26H25N3O5S/c1-32-19-9-7-8-18(16-19)29-25(31)20-10-3-4-11-21(20)28-26(29)35-17-24(30)27-14-15-34-23-13-6-5-12-22(23)33-2/h3-13,16H,14-15,17H2,1-2H3,(H,27,30). The van der Waals surface area contributed by atoms with Gasteiger partial charge < -0.3 is 19.5 Å². The number of methoxy groups -OCH3 is 2. The van der Waals surface area contributed by atoms with Crippen LogP contribution in [0.15, 0.2) is 82.7 Å². The lowest BCUT2D eigenvalue weighted by Gasteiger charge is -2.14. The maximum Gasteiger partial charge on any atom is 0.266 e. The van der Waals surface area contributed by atoms with Crippen LogP contribution in [0.25, 0.3) is 16.6 Å². The lowest BCUT2D eigenvalue weighted by molar-refractivity contribution is -0.118. The molecule has 9 heteroatoms. The number of carbonyl (C=O) groups is 1. The van der Waals surface area contributed by atoms with Gasteiger partial charge in [-0.25, -0.2) is 4.98 Å². The summed E-state index contributed by atoms with van der Waals surface area (Å²) in [7, 11) is 3.14. The van der Waals surface area contributed by atoms with Crippen LogP contribution >= 0.6 is 11.8 Å². The first-order valence-electron chi connectivity index (χ1n) is 10.9. The number of ether oxygens (including phenoxy) is 3. The monoisotopic (exact) mass is 491 g/mol. The van der Waals surface area contributed by atoms with Crippen molar-refractivity contribution in [3.05, 3.63) is 83.2 Å². The molecular formula is C26H25N3O5S. The van der Waals surface area contributed by atoms with Crippen molar-refractivity contribution in [2.75, 3.05) is 33.1 Å². The van der Waals surface area contributed by atoms with Crippen LogP contribution in [0.3, 0.4) is 0 Å². The second kappa shape index (κ2) is 11.4. The van der Waals surface area contributed by atoms with Crippen molar-refractivity contribution in [3.63, 3.8) is 0 Å². The number of nitrogens with zero attached hydrogens (tertiary/aromatic N) is 2. The topological polar surface area (TPSA) is 91.7 Å². The third-order valence-electron chi connectivity index (χ3n) is 5.14. The van der Waals surface area contributed by atoms with Gasteiger partial charge in [0.15, 0.2) is 16.7 Å². The smallest absolute Gasteiger partial charge is 0.266 e. The van der Waals surface area contributed by atoms with Crippen LogP contribution in [-0.2, 0) is 4.79 Å². The maximum absolute atomic E-state index is 13.3. The van der Waals surface area contributed by atoms with Gasteiger partial charge in [-0.15, -0.1) is 0 Å². The van der Waals surface area contributed by atoms with Gasteiger partial charge in [0, 0.05) is 6.07 Å². The van der Waals surface area contributed by atoms with Crippen LogP contribution in [-0.4, -0.2) is 48.6 Å². The summed E-state index contributed by atoms with van der Waals surface area (Å²) >= 11 is 1.19. The van der Waals surface area contributed by atoms with Gasteiger partial charge in [-0.05, 0) is 36.4 Å². The van der Waals surface area contributed by atoms with Gasteiger partial charge in [-0.3, -0.25) is 14.2 Å². The zero-order valence-electron chi connectivity index (χ0n) is 19.4. The van der Waals surface area contributed by atoms with E-state index >= 15 is 0 Å². The summed E-state index contributed by atoms with van der Waals surface area (Å²) in [6, 6.07) is 21.6. The Morgan fingerprint density at radius 3 is 2.54 bits per heavy atom. The van der Waals surface area contributed by atoms with E-state index < -0.39 is 0 Å². The van der Waals surface area contributed by atoms with Gasteiger partial charge in [0.2, 0.25) is 5.91 Å². The Labute approximate surface area is 206 Å². The largest absolute Gasteiger partial charge is 0.497 e. The SMILES string of the molecule is COc1cccc(-n2c(SCC(=O)NCCOc3ccccc3OC)nc3ccccc3c2=O)c1. The Hall–Kier alpha value is -3.98. The van der Waals surface area contributed by atoms with E-state index in [-0.39, 0.29) is 17.2 Å². The normalized spacial score (nSPS) is 10.7. The summed E-state index contributed by atoms with van der Waals surface area (Å²) in [6.07, 6.45) is 0. The van der Waals surface area contributed by atoms with Crippen molar-refractivity contribution >= 4 is 28.6 Å². The second-order valence-electron chi connectivity index (χ2n) is 7.39. The fourth-order valence-corrected chi connectivity index (χ4v) is 4.30.